The lowest BCUT2D eigenvalue weighted by Gasteiger charge is -2.14. The van der Waals surface area contributed by atoms with Crippen LogP contribution >= 0.6 is 0 Å². The van der Waals surface area contributed by atoms with E-state index in [1.165, 1.54) is 6.92 Å². The molecule has 0 aliphatic carbocycles. The summed E-state index contributed by atoms with van der Waals surface area (Å²) in [5, 5.41) is 2.74. The van der Waals surface area contributed by atoms with Crippen molar-refractivity contribution in [2.75, 3.05) is 5.32 Å². The lowest BCUT2D eigenvalue weighted by atomic mass is 10.1. The van der Waals surface area contributed by atoms with E-state index >= 15 is 0 Å². The molecular weight excluding hydrogens is 266 g/mol. The zero-order valence-electron chi connectivity index (χ0n) is 12.0. The van der Waals surface area contributed by atoms with Gasteiger partial charge in [0.15, 0.2) is 11.9 Å². The fourth-order valence-electron chi connectivity index (χ4n) is 1.82. The van der Waals surface area contributed by atoms with Gasteiger partial charge in [0, 0.05) is 11.3 Å². The Kier molecular flexibility index (Phi) is 4.72. The van der Waals surface area contributed by atoms with Crippen molar-refractivity contribution in [3.8, 4) is 5.75 Å². The number of Topliss-reactive ketones (excluding diaryl/α,β-unsaturated/α-hetero) is 1. The molecule has 1 unspecified atom stereocenters. The molecule has 0 bridgehead atoms. The van der Waals surface area contributed by atoms with Crippen molar-refractivity contribution in [2.24, 2.45) is 0 Å². The van der Waals surface area contributed by atoms with Crippen molar-refractivity contribution >= 4 is 17.4 Å². The topological polar surface area (TPSA) is 55.4 Å². The van der Waals surface area contributed by atoms with Crippen LogP contribution in [0.4, 0.5) is 5.69 Å². The van der Waals surface area contributed by atoms with Crippen molar-refractivity contribution in [3.05, 3.63) is 60.2 Å². The predicted molar refractivity (Wildman–Crippen MR) is 81.6 cm³/mol. The molecular formula is C17H17NO3. The van der Waals surface area contributed by atoms with E-state index < -0.39 is 6.10 Å². The summed E-state index contributed by atoms with van der Waals surface area (Å²) >= 11 is 0. The minimum atomic E-state index is -0.631. The SMILES string of the molecule is CC(=O)c1cccc(NC(=O)C(C)Oc2ccccc2)c1. The average molecular weight is 283 g/mol. The molecule has 0 aromatic heterocycles. The zero-order chi connectivity index (χ0) is 15.2. The van der Waals surface area contributed by atoms with Crippen LogP contribution in [0.1, 0.15) is 24.2 Å². The molecule has 0 saturated heterocycles. The maximum absolute atomic E-state index is 12.1. The Morgan fingerprint density at radius 2 is 1.76 bits per heavy atom. The highest BCUT2D eigenvalue weighted by atomic mass is 16.5. The Morgan fingerprint density at radius 3 is 2.43 bits per heavy atom. The third kappa shape index (κ3) is 4.18. The van der Waals surface area contributed by atoms with E-state index in [9.17, 15) is 9.59 Å². The number of nitrogens with one attached hydrogen (secondary N) is 1. The maximum atomic E-state index is 12.1. The predicted octanol–water partition coefficient (Wildman–Crippen LogP) is 3.30. The fraction of sp³-hybridized carbons (Fsp3) is 0.176. The molecule has 0 spiro atoms. The van der Waals surface area contributed by atoms with E-state index in [1.807, 2.05) is 18.2 Å². The Balaban J connectivity index is 2.00. The number of amides is 1. The molecule has 4 nitrogen and oxygen atoms in total. The minimum Gasteiger partial charge on any atom is -0.481 e. The number of hydrogen-bond acceptors (Lipinski definition) is 3. The van der Waals surface area contributed by atoms with Crippen LogP contribution in [0.5, 0.6) is 5.75 Å². The van der Waals surface area contributed by atoms with Crippen LogP contribution in [0.15, 0.2) is 54.6 Å². The van der Waals surface area contributed by atoms with Crippen LogP contribution in [0.2, 0.25) is 0 Å². The molecule has 0 heterocycles. The lowest BCUT2D eigenvalue weighted by molar-refractivity contribution is -0.122. The van der Waals surface area contributed by atoms with Crippen LogP contribution in [0.3, 0.4) is 0 Å². The molecule has 1 atom stereocenters. The number of anilines is 1. The van der Waals surface area contributed by atoms with E-state index in [1.54, 1.807) is 43.3 Å². The number of ether oxygens (including phenoxy) is 1. The summed E-state index contributed by atoms with van der Waals surface area (Å²) in [6, 6.07) is 16.0. The molecule has 0 aliphatic heterocycles. The highest BCUT2D eigenvalue weighted by Crippen LogP contribution is 2.14. The monoisotopic (exact) mass is 283 g/mol. The second-order valence-corrected chi connectivity index (χ2v) is 4.70. The quantitative estimate of drug-likeness (QED) is 0.857. The first-order valence-corrected chi connectivity index (χ1v) is 6.70. The van der Waals surface area contributed by atoms with Gasteiger partial charge in [-0.1, -0.05) is 30.3 Å². The standard InChI is InChI=1S/C17H17NO3/c1-12(19)14-7-6-8-15(11-14)18-17(20)13(2)21-16-9-4-3-5-10-16/h3-11,13H,1-2H3,(H,18,20). The lowest BCUT2D eigenvalue weighted by Crippen LogP contribution is -2.30. The highest BCUT2D eigenvalue weighted by molar-refractivity contribution is 5.98. The molecule has 0 aliphatic rings. The summed E-state index contributed by atoms with van der Waals surface area (Å²) in [7, 11) is 0. The molecule has 1 amide bonds. The van der Waals surface area contributed by atoms with Crippen LogP contribution < -0.4 is 10.1 Å². The van der Waals surface area contributed by atoms with E-state index in [0.29, 0.717) is 17.0 Å². The first-order chi connectivity index (χ1) is 10.1. The smallest absolute Gasteiger partial charge is 0.265 e. The first kappa shape index (κ1) is 14.8. The van der Waals surface area contributed by atoms with Crippen LogP contribution in [0.25, 0.3) is 0 Å². The van der Waals surface area contributed by atoms with E-state index in [-0.39, 0.29) is 11.7 Å². The van der Waals surface area contributed by atoms with Gasteiger partial charge in [-0.05, 0) is 38.1 Å². The van der Waals surface area contributed by atoms with Crippen molar-refractivity contribution in [1.82, 2.24) is 0 Å². The Morgan fingerprint density at radius 1 is 1.05 bits per heavy atom. The molecule has 4 heteroatoms. The largest absolute Gasteiger partial charge is 0.481 e. The summed E-state index contributed by atoms with van der Waals surface area (Å²) in [4.78, 5) is 23.4. The molecule has 1 N–H and O–H groups in total. The van der Waals surface area contributed by atoms with Gasteiger partial charge in [-0.3, -0.25) is 9.59 Å². The molecule has 0 fully saturated rings. The number of hydrogen-bond donors (Lipinski definition) is 1. The second-order valence-electron chi connectivity index (χ2n) is 4.70. The van der Waals surface area contributed by atoms with Crippen molar-refractivity contribution in [2.45, 2.75) is 20.0 Å². The van der Waals surface area contributed by atoms with Crippen LogP contribution in [-0.2, 0) is 4.79 Å². The minimum absolute atomic E-state index is 0.0420. The molecule has 2 aromatic rings. The summed E-state index contributed by atoms with van der Waals surface area (Å²) < 4.78 is 5.55. The summed E-state index contributed by atoms with van der Waals surface area (Å²) in [6.07, 6.45) is -0.631. The summed E-state index contributed by atoms with van der Waals surface area (Å²) in [5.41, 5.74) is 1.14. The Bertz CT molecular complexity index is 637. The van der Waals surface area contributed by atoms with Crippen molar-refractivity contribution in [3.63, 3.8) is 0 Å². The number of carbonyl (C=O) groups excluding carboxylic acids is 2. The van der Waals surface area contributed by atoms with E-state index in [0.717, 1.165) is 0 Å². The van der Waals surface area contributed by atoms with Gasteiger partial charge < -0.3 is 10.1 Å². The summed E-state index contributed by atoms with van der Waals surface area (Å²) in [5.74, 6) is 0.330. The van der Waals surface area contributed by atoms with E-state index in [2.05, 4.69) is 5.32 Å². The molecule has 21 heavy (non-hydrogen) atoms. The van der Waals surface area contributed by atoms with Gasteiger partial charge in [0.25, 0.3) is 5.91 Å². The van der Waals surface area contributed by atoms with Gasteiger partial charge in [-0.15, -0.1) is 0 Å². The van der Waals surface area contributed by atoms with Gasteiger partial charge in [-0.25, -0.2) is 0 Å². The average Bonchev–Trinajstić information content (AvgIpc) is 2.48. The van der Waals surface area contributed by atoms with Gasteiger partial charge in [-0.2, -0.15) is 0 Å². The molecule has 2 aromatic carbocycles. The van der Waals surface area contributed by atoms with Gasteiger partial charge in [0.05, 0.1) is 0 Å². The molecule has 0 saturated carbocycles. The van der Waals surface area contributed by atoms with Gasteiger partial charge in [0.2, 0.25) is 0 Å². The third-order valence-electron chi connectivity index (χ3n) is 2.96. The zero-order valence-corrected chi connectivity index (χ0v) is 12.0. The number of carbonyl (C=O) groups is 2. The van der Waals surface area contributed by atoms with Gasteiger partial charge >= 0.3 is 0 Å². The van der Waals surface area contributed by atoms with Crippen LogP contribution in [-0.4, -0.2) is 17.8 Å². The Hall–Kier alpha value is -2.62. The van der Waals surface area contributed by atoms with E-state index in [4.69, 9.17) is 4.74 Å². The highest BCUT2D eigenvalue weighted by Gasteiger charge is 2.15. The third-order valence-corrected chi connectivity index (χ3v) is 2.96. The Labute approximate surface area is 123 Å². The number of para-hydroxylation sites is 1. The van der Waals surface area contributed by atoms with Crippen molar-refractivity contribution in [1.29, 1.82) is 0 Å². The van der Waals surface area contributed by atoms with Crippen LogP contribution in [0, 0.1) is 0 Å². The normalized spacial score (nSPS) is 11.5. The maximum Gasteiger partial charge on any atom is 0.265 e. The first-order valence-electron chi connectivity index (χ1n) is 6.70. The second kappa shape index (κ2) is 6.70. The number of rotatable bonds is 5. The number of ketones is 1. The van der Waals surface area contributed by atoms with Gasteiger partial charge in [0.1, 0.15) is 5.75 Å². The molecule has 108 valence electrons. The fourth-order valence-corrected chi connectivity index (χ4v) is 1.82. The number of benzene rings is 2. The molecule has 2 rings (SSSR count). The molecule has 0 radical (unpaired) electrons. The summed E-state index contributed by atoms with van der Waals surface area (Å²) in [6.45, 7) is 3.17. The van der Waals surface area contributed by atoms with Crippen molar-refractivity contribution < 1.29 is 14.3 Å².